The average Bonchev–Trinajstić information content (AvgIpc) is 3.04. The lowest BCUT2D eigenvalue weighted by Crippen LogP contribution is -2.45. The molecule has 0 radical (unpaired) electrons. The molecule has 1 saturated heterocycles. The molecule has 1 aromatic carbocycles. The molecule has 0 aromatic heterocycles. The topological polar surface area (TPSA) is 70.1 Å². The summed E-state index contributed by atoms with van der Waals surface area (Å²) in [6.07, 6.45) is 2.05. The van der Waals surface area contributed by atoms with Crippen molar-refractivity contribution < 1.29 is 19.4 Å². The van der Waals surface area contributed by atoms with Gasteiger partial charge in [-0.15, -0.1) is 0 Å². The van der Waals surface area contributed by atoms with E-state index in [-0.39, 0.29) is 31.6 Å². The van der Waals surface area contributed by atoms with Gasteiger partial charge in [0.1, 0.15) is 12.3 Å². The Balaban J connectivity index is 1.81. The Morgan fingerprint density at radius 3 is 2.76 bits per heavy atom. The number of carbonyl (C=O) groups is 2. The number of likely N-dealkylation sites (tertiary alicyclic amines) is 1. The molecule has 21 heavy (non-hydrogen) atoms. The van der Waals surface area contributed by atoms with E-state index in [2.05, 4.69) is 0 Å². The number of anilines is 1. The zero-order chi connectivity index (χ0) is 14.8. The first-order valence-corrected chi connectivity index (χ1v) is 7.14. The standard InChI is InChI=1S/C15H18N2O4/c18-9-11-3-4-12-13(7-11)21-10-15(20)17(12)8-14(19)16-5-1-2-6-16/h3-4,7,18H,1-2,5-6,8-10H2. The van der Waals surface area contributed by atoms with Gasteiger partial charge in [0.25, 0.3) is 5.91 Å². The number of fused-ring (bicyclic) bond motifs is 1. The Labute approximate surface area is 122 Å². The molecular weight excluding hydrogens is 272 g/mol. The van der Waals surface area contributed by atoms with Crippen molar-refractivity contribution in [3.8, 4) is 5.75 Å². The number of amides is 2. The van der Waals surface area contributed by atoms with E-state index in [0.29, 0.717) is 17.0 Å². The molecule has 3 rings (SSSR count). The molecule has 0 aliphatic carbocycles. The molecule has 0 spiro atoms. The maximum atomic E-state index is 12.2. The highest BCUT2D eigenvalue weighted by Crippen LogP contribution is 2.33. The van der Waals surface area contributed by atoms with E-state index in [0.717, 1.165) is 25.9 Å². The third-order valence-corrected chi connectivity index (χ3v) is 3.90. The van der Waals surface area contributed by atoms with Crippen molar-refractivity contribution in [2.45, 2.75) is 19.4 Å². The average molecular weight is 290 g/mol. The van der Waals surface area contributed by atoms with Crippen LogP contribution in [0.2, 0.25) is 0 Å². The minimum Gasteiger partial charge on any atom is -0.482 e. The summed E-state index contributed by atoms with van der Waals surface area (Å²) in [5, 5.41) is 9.15. The second-order valence-corrected chi connectivity index (χ2v) is 5.32. The van der Waals surface area contributed by atoms with E-state index in [1.807, 2.05) is 0 Å². The van der Waals surface area contributed by atoms with E-state index in [4.69, 9.17) is 9.84 Å². The third kappa shape index (κ3) is 2.71. The summed E-state index contributed by atoms with van der Waals surface area (Å²) >= 11 is 0. The Hall–Kier alpha value is -2.08. The lowest BCUT2D eigenvalue weighted by molar-refractivity contribution is -0.131. The van der Waals surface area contributed by atoms with Crippen LogP contribution in [0.3, 0.4) is 0 Å². The highest BCUT2D eigenvalue weighted by Gasteiger charge is 2.29. The molecule has 112 valence electrons. The van der Waals surface area contributed by atoms with Crippen molar-refractivity contribution in [3.05, 3.63) is 23.8 Å². The fraction of sp³-hybridized carbons (Fsp3) is 0.467. The smallest absolute Gasteiger partial charge is 0.265 e. The predicted molar refractivity (Wildman–Crippen MR) is 76.0 cm³/mol. The maximum absolute atomic E-state index is 12.2. The molecular formula is C15H18N2O4. The van der Waals surface area contributed by atoms with Crippen LogP contribution in [0.1, 0.15) is 18.4 Å². The van der Waals surface area contributed by atoms with Gasteiger partial charge in [-0.25, -0.2) is 0 Å². The molecule has 0 atom stereocenters. The quantitative estimate of drug-likeness (QED) is 0.881. The van der Waals surface area contributed by atoms with Crippen LogP contribution in [-0.2, 0) is 16.2 Å². The van der Waals surface area contributed by atoms with Crippen LogP contribution in [0.15, 0.2) is 18.2 Å². The van der Waals surface area contributed by atoms with Crippen LogP contribution in [0.25, 0.3) is 0 Å². The number of nitrogens with zero attached hydrogens (tertiary/aromatic N) is 2. The predicted octanol–water partition coefficient (Wildman–Crippen LogP) is 0.527. The van der Waals surface area contributed by atoms with Crippen LogP contribution in [0.5, 0.6) is 5.75 Å². The SMILES string of the molecule is O=C(CN1C(=O)COc2cc(CO)ccc21)N1CCCC1. The third-order valence-electron chi connectivity index (χ3n) is 3.90. The molecule has 1 fully saturated rings. The summed E-state index contributed by atoms with van der Waals surface area (Å²) in [5.74, 6) is 0.294. The van der Waals surface area contributed by atoms with Gasteiger partial charge in [-0.05, 0) is 30.5 Å². The van der Waals surface area contributed by atoms with Crippen molar-refractivity contribution in [2.75, 3.05) is 31.1 Å². The van der Waals surface area contributed by atoms with Gasteiger partial charge in [0.2, 0.25) is 5.91 Å². The van der Waals surface area contributed by atoms with E-state index < -0.39 is 0 Å². The zero-order valence-corrected chi connectivity index (χ0v) is 11.7. The highest BCUT2D eigenvalue weighted by atomic mass is 16.5. The summed E-state index contributed by atoms with van der Waals surface area (Å²) in [4.78, 5) is 27.6. The summed E-state index contributed by atoms with van der Waals surface area (Å²) in [5.41, 5.74) is 1.31. The summed E-state index contributed by atoms with van der Waals surface area (Å²) in [6.45, 7) is 1.43. The lowest BCUT2D eigenvalue weighted by Gasteiger charge is -2.30. The Morgan fingerprint density at radius 2 is 2.05 bits per heavy atom. The number of rotatable bonds is 3. The Bertz CT molecular complexity index is 567. The summed E-state index contributed by atoms with van der Waals surface area (Å²) in [6, 6.07) is 5.15. The van der Waals surface area contributed by atoms with Gasteiger partial charge in [-0.3, -0.25) is 14.5 Å². The molecule has 0 bridgehead atoms. The molecule has 1 aromatic rings. The molecule has 0 unspecified atom stereocenters. The van der Waals surface area contributed by atoms with Gasteiger partial charge < -0.3 is 14.7 Å². The fourth-order valence-electron chi connectivity index (χ4n) is 2.72. The number of benzene rings is 1. The molecule has 1 N–H and O–H groups in total. The largest absolute Gasteiger partial charge is 0.482 e. The second kappa shape index (κ2) is 5.73. The first-order valence-electron chi connectivity index (χ1n) is 7.14. The monoisotopic (exact) mass is 290 g/mol. The number of hydrogen-bond acceptors (Lipinski definition) is 4. The van der Waals surface area contributed by atoms with Crippen molar-refractivity contribution in [1.82, 2.24) is 4.90 Å². The number of ether oxygens (including phenoxy) is 1. The molecule has 2 aliphatic heterocycles. The fourth-order valence-corrected chi connectivity index (χ4v) is 2.72. The second-order valence-electron chi connectivity index (χ2n) is 5.32. The van der Waals surface area contributed by atoms with Gasteiger partial charge in [-0.1, -0.05) is 6.07 Å². The molecule has 2 aliphatic rings. The lowest BCUT2D eigenvalue weighted by atomic mass is 10.1. The van der Waals surface area contributed by atoms with Crippen molar-refractivity contribution in [1.29, 1.82) is 0 Å². The first kappa shape index (κ1) is 13.9. The van der Waals surface area contributed by atoms with Crippen LogP contribution in [0, 0.1) is 0 Å². The Kier molecular flexibility index (Phi) is 3.79. The van der Waals surface area contributed by atoms with Gasteiger partial charge in [0, 0.05) is 13.1 Å². The van der Waals surface area contributed by atoms with Crippen LogP contribution in [0.4, 0.5) is 5.69 Å². The van der Waals surface area contributed by atoms with Gasteiger partial charge in [0.05, 0.1) is 12.3 Å². The van der Waals surface area contributed by atoms with Crippen molar-refractivity contribution in [3.63, 3.8) is 0 Å². The van der Waals surface area contributed by atoms with Crippen molar-refractivity contribution in [2.24, 2.45) is 0 Å². The molecule has 2 heterocycles. The Morgan fingerprint density at radius 1 is 1.29 bits per heavy atom. The maximum Gasteiger partial charge on any atom is 0.265 e. The summed E-state index contributed by atoms with van der Waals surface area (Å²) in [7, 11) is 0. The van der Waals surface area contributed by atoms with Crippen LogP contribution >= 0.6 is 0 Å². The molecule has 2 amide bonds. The van der Waals surface area contributed by atoms with Crippen LogP contribution < -0.4 is 9.64 Å². The normalized spacial score (nSPS) is 17.7. The number of aliphatic hydroxyl groups is 1. The van der Waals surface area contributed by atoms with E-state index in [1.54, 1.807) is 23.1 Å². The number of aliphatic hydroxyl groups excluding tert-OH is 1. The van der Waals surface area contributed by atoms with E-state index in [1.165, 1.54) is 4.90 Å². The first-order chi connectivity index (χ1) is 10.2. The van der Waals surface area contributed by atoms with Gasteiger partial charge >= 0.3 is 0 Å². The van der Waals surface area contributed by atoms with Crippen molar-refractivity contribution >= 4 is 17.5 Å². The highest BCUT2D eigenvalue weighted by molar-refractivity contribution is 6.02. The van der Waals surface area contributed by atoms with E-state index >= 15 is 0 Å². The van der Waals surface area contributed by atoms with Crippen LogP contribution in [-0.4, -0.2) is 48.1 Å². The van der Waals surface area contributed by atoms with Gasteiger partial charge in [-0.2, -0.15) is 0 Å². The van der Waals surface area contributed by atoms with Gasteiger partial charge in [0.15, 0.2) is 6.61 Å². The minimum absolute atomic E-state index is 0.0278. The summed E-state index contributed by atoms with van der Waals surface area (Å²) < 4.78 is 5.39. The minimum atomic E-state index is -0.216. The number of carbonyl (C=O) groups excluding carboxylic acids is 2. The molecule has 6 heteroatoms. The molecule has 6 nitrogen and oxygen atoms in total. The number of hydrogen-bond donors (Lipinski definition) is 1. The zero-order valence-electron chi connectivity index (χ0n) is 11.7. The van der Waals surface area contributed by atoms with E-state index in [9.17, 15) is 9.59 Å². The molecule has 0 saturated carbocycles.